The third-order valence-corrected chi connectivity index (χ3v) is 9.51. The van der Waals surface area contributed by atoms with Crippen molar-refractivity contribution >= 4 is 33.4 Å². The molecule has 0 aliphatic carbocycles. The molecule has 52 heavy (non-hydrogen) atoms. The van der Waals surface area contributed by atoms with Gasteiger partial charge in [0.25, 0.3) is 0 Å². The monoisotopic (exact) mass is 692 g/mol. The molecule has 8 heteroatoms. The number of fused-ring (bicyclic) bond motifs is 3. The Labute approximate surface area is 306 Å². The molecule has 0 saturated carbocycles. The molecule has 3 heterocycles. The van der Waals surface area contributed by atoms with Gasteiger partial charge in [-0.2, -0.15) is 0 Å². The minimum absolute atomic E-state index is 0.0613. The molecule has 266 valence electrons. The number of anilines is 2. The lowest BCUT2D eigenvalue weighted by Gasteiger charge is -2.25. The van der Waals surface area contributed by atoms with E-state index in [0.717, 1.165) is 105 Å². The summed E-state index contributed by atoms with van der Waals surface area (Å²) < 4.78 is 17.1. The normalized spacial score (nSPS) is 11.5. The molecular weight excluding hydrogens is 645 g/mol. The first kappa shape index (κ1) is 34.7. The minimum atomic E-state index is 0.0613. The average Bonchev–Trinajstić information content (AvgIpc) is 3.69. The maximum Gasteiger partial charge on any atom is 0.161 e. The number of para-hydroxylation sites is 1. The van der Waals surface area contributed by atoms with Crippen molar-refractivity contribution in [1.82, 2.24) is 19.3 Å². The third-order valence-electron chi connectivity index (χ3n) is 9.51. The van der Waals surface area contributed by atoms with Crippen LogP contribution in [0.3, 0.4) is 0 Å². The third kappa shape index (κ3) is 6.57. The van der Waals surface area contributed by atoms with Crippen molar-refractivity contribution < 1.29 is 9.47 Å². The molecule has 0 N–H and O–H groups in total. The topological polar surface area (TPSA) is 60.6 Å². The predicted octanol–water partition coefficient (Wildman–Crippen LogP) is 10.6. The molecule has 0 radical (unpaired) electrons. The number of aryl methyl sites for hydroxylation is 1. The first-order chi connectivity index (χ1) is 25.3. The maximum absolute atomic E-state index is 6.73. The van der Waals surface area contributed by atoms with Gasteiger partial charge in [0.2, 0.25) is 0 Å². The smallest absolute Gasteiger partial charge is 0.161 e. The van der Waals surface area contributed by atoms with Crippen molar-refractivity contribution in [3.05, 3.63) is 115 Å². The maximum atomic E-state index is 6.73. The summed E-state index contributed by atoms with van der Waals surface area (Å²) in [5, 5.41) is 7.64. The molecule has 0 unspecified atom stereocenters. The second-order valence-electron chi connectivity index (χ2n) is 13.3. The number of pyridine rings is 1. The molecule has 4 aromatic carbocycles. The van der Waals surface area contributed by atoms with Gasteiger partial charge in [0, 0.05) is 61.3 Å². The molecule has 7 aromatic rings. The first-order valence-corrected chi connectivity index (χ1v) is 18.5. The summed E-state index contributed by atoms with van der Waals surface area (Å²) in [6.07, 6.45) is 1.87. The van der Waals surface area contributed by atoms with Crippen LogP contribution in [-0.4, -0.2) is 51.6 Å². The van der Waals surface area contributed by atoms with Crippen LogP contribution in [0.25, 0.3) is 44.4 Å². The molecule has 8 nitrogen and oxygen atoms in total. The highest BCUT2D eigenvalue weighted by Gasteiger charge is 2.27. The molecule has 0 spiro atoms. The number of hydrogen-bond acceptors (Lipinski definition) is 6. The highest BCUT2D eigenvalue weighted by molar-refractivity contribution is 6.09. The second-order valence-corrected chi connectivity index (χ2v) is 13.3. The summed E-state index contributed by atoms with van der Waals surface area (Å²) in [5.74, 6) is 5.12. The molecular formula is C44H48N6O2. The van der Waals surface area contributed by atoms with Crippen molar-refractivity contribution in [1.29, 1.82) is 0 Å². The van der Waals surface area contributed by atoms with Gasteiger partial charge in [-0.15, -0.1) is 5.10 Å². The Morgan fingerprint density at radius 1 is 0.673 bits per heavy atom. The van der Waals surface area contributed by atoms with E-state index >= 15 is 0 Å². The molecule has 0 amide bonds. The van der Waals surface area contributed by atoms with Crippen molar-refractivity contribution in [2.45, 2.75) is 54.6 Å². The Morgan fingerprint density at radius 2 is 1.38 bits per heavy atom. The fourth-order valence-corrected chi connectivity index (χ4v) is 7.17. The molecule has 0 atom stereocenters. The van der Waals surface area contributed by atoms with Crippen LogP contribution in [0.5, 0.6) is 17.2 Å². The molecule has 0 fully saturated rings. The van der Waals surface area contributed by atoms with Gasteiger partial charge in [-0.3, -0.25) is 4.57 Å². The van der Waals surface area contributed by atoms with Crippen LogP contribution in [-0.2, 0) is 0 Å². The Hall–Kier alpha value is -5.76. The number of ether oxygens (including phenoxy) is 2. The number of nitrogens with zero attached hydrogens (tertiary/aromatic N) is 6. The van der Waals surface area contributed by atoms with E-state index in [1.165, 1.54) is 0 Å². The molecule has 0 bridgehead atoms. The SMILES string of the molecule is CCN(CC)c1nn(-c2cc(C)cc(Oc3ccc4c5ccccc5n(-c5cc(OC(C)C)ccn5)c4c3)c2)c(N(CC)CC)c1-c1ccccc1. The lowest BCUT2D eigenvalue weighted by atomic mass is 10.1. The van der Waals surface area contributed by atoms with Crippen molar-refractivity contribution in [2.75, 3.05) is 36.0 Å². The zero-order valence-corrected chi connectivity index (χ0v) is 31.3. The lowest BCUT2D eigenvalue weighted by Crippen LogP contribution is -2.25. The molecule has 0 aliphatic rings. The van der Waals surface area contributed by atoms with Crippen molar-refractivity contribution in [3.63, 3.8) is 0 Å². The Morgan fingerprint density at radius 3 is 2.12 bits per heavy atom. The van der Waals surface area contributed by atoms with Gasteiger partial charge in [-0.25, -0.2) is 9.67 Å². The van der Waals surface area contributed by atoms with Gasteiger partial charge >= 0.3 is 0 Å². The van der Waals surface area contributed by atoms with Gasteiger partial charge in [-0.1, -0.05) is 48.5 Å². The first-order valence-electron chi connectivity index (χ1n) is 18.5. The van der Waals surface area contributed by atoms with Gasteiger partial charge in [0.15, 0.2) is 5.82 Å². The van der Waals surface area contributed by atoms with Crippen LogP contribution in [0.2, 0.25) is 0 Å². The van der Waals surface area contributed by atoms with E-state index < -0.39 is 0 Å². The van der Waals surface area contributed by atoms with E-state index in [-0.39, 0.29) is 6.10 Å². The fraction of sp³-hybridized carbons (Fsp3) is 0.273. The minimum Gasteiger partial charge on any atom is -0.491 e. The van der Waals surface area contributed by atoms with E-state index in [9.17, 15) is 0 Å². The highest BCUT2D eigenvalue weighted by Crippen LogP contribution is 2.42. The van der Waals surface area contributed by atoms with Crippen LogP contribution in [0, 0.1) is 6.92 Å². The van der Waals surface area contributed by atoms with Gasteiger partial charge in [0.05, 0.1) is 28.4 Å². The van der Waals surface area contributed by atoms with Crippen LogP contribution >= 0.6 is 0 Å². The summed E-state index contributed by atoms with van der Waals surface area (Å²) in [6, 6.07) is 35.6. The van der Waals surface area contributed by atoms with Crippen molar-refractivity contribution in [3.8, 4) is 39.9 Å². The van der Waals surface area contributed by atoms with Crippen LogP contribution < -0.4 is 19.3 Å². The number of hydrogen-bond donors (Lipinski definition) is 0. The second kappa shape index (κ2) is 14.8. The summed E-state index contributed by atoms with van der Waals surface area (Å²) in [5.41, 5.74) is 6.41. The summed E-state index contributed by atoms with van der Waals surface area (Å²) in [7, 11) is 0. The summed E-state index contributed by atoms with van der Waals surface area (Å²) in [6.45, 7) is 18.4. The molecule has 7 rings (SSSR count). The quantitative estimate of drug-likeness (QED) is 0.120. The van der Waals surface area contributed by atoms with Gasteiger partial charge < -0.3 is 19.3 Å². The standard InChI is InChI=1S/C44H48N6O2/c1-8-47(9-2)43-42(32-17-13-12-14-18-32)44(48(10-3)11-4)50(46-43)33-25-31(7)26-36(27-33)52-34-21-22-38-37-19-15-16-20-39(37)49(40(38)28-34)41-29-35(23-24-45-41)51-30(5)6/h12-30H,8-11H2,1-7H3. The van der Waals surface area contributed by atoms with Gasteiger partial charge in [0.1, 0.15) is 28.9 Å². The Balaban J connectivity index is 1.35. The largest absolute Gasteiger partial charge is 0.491 e. The number of benzene rings is 4. The Kier molecular flexibility index (Phi) is 9.90. The fourth-order valence-electron chi connectivity index (χ4n) is 7.17. The lowest BCUT2D eigenvalue weighted by molar-refractivity contribution is 0.242. The average molecular weight is 693 g/mol. The zero-order chi connectivity index (χ0) is 36.4. The van der Waals surface area contributed by atoms with E-state index in [0.29, 0.717) is 0 Å². The summed E-state index contributed by atoms with van der Waals surface area (Å²) >= 11 is 0. The molecule has 0 saturated heterocycles. The number of aromatic nitrogens is 4. The van der Waals surface area contributed by atoms with E-state index in [4.69, 9.17) is 19.6 Å². The van der Waals surface area contributed by atoms with Crippen molar-refractivity contribution in [2.24, 2.45) is 0 Å². The van der Waals surface area contributed by atoms with Crippen LogP contribution in [0.15, 0.2) is 109 Å². The highest BCUT2D eigenvalue weighted by atomic mass is 16.5. The zero-order valence-electron chi connectivity index (χ0n) is 31.3. The predicted molar refractivity (Wildman–Crippen MR) is 215 cm³/mol. The van der Waals surface area contributed by atoms with Crippen LogP contribution in [0.4, 0.5) is 11.6 Å². The van der Waals surface area contributed by atoms with E-state index in [1.54, 1.807) is 6.20 Å². The molecule has 3 aromatic heterocycles. The molecule has 0 aliphatic heterocycles. The van der Waals surface area contributed by atoms with Crippen LogP contribution in [0.1, 0.15) is 47.1 Å². The number of rotatable bonds is 13. The van der Waals surface area contributed by atoms with Gasteiger partial charge in [-0.05, 0) is 96.0 Å². The summed E-state index contributed by atoms with van der Waals surface area (Å²) in [4.78, 5) is 9.51. The Bertz CT molecular complexity index is 2320. The van der Waals surface area contributed by atoms with E-state index in [2.05, 4.69) is 139 Å². The van der Waals surface area contributed by atoms with E-state index in [1.807, 2.05) is 32.0 Å².